The van der Waals surface area contributed by atoms with Gasteiger partial charge < -0.3 is 5.11 Å². The predicted octanol–water partition coefficient (Wildman–Crippen LogP) is 2.98. The summed E-state index contributed by atoms with van der Waals surface area (Å²) in [6.45, 7) is 2.69. The molecule has 0 radical (unpaired) electrons. The molecule has 1 fully saturated rings. The Hall–Kier alpha value is -0.0400. The first-order valence-electron chi connectivity index (χ1n) is 5.49. The summed E-state index contributed by atoms with van der Waals surface area (Å²) in [7, 11) is 0. The predicted molar refractivity (Wildman–Crippen MR) is 52.1 cm³/mol. The van der Waals surface area contributed by atoms with Crippen LogP contribution in [0.1, 0.15) is 51.9 Å². The van der Waals surface area contributed by atoms with E-state index < -0.39 is 0 Å². The molecule has 0 aromatic carbocycles. The van der Waals surface area contributed by atoms with Crippen LogP contribution >= 0.6 is 0 Å². The molecule has 0 aromatic rings. The highest BCUT2D eigenvalue weighted by Crippen LogP contribution is 2.34. The van der Waals surface area contributed by atoms with Gasteiger partial charge in [0.05, 0.1) is 0 Å². The van der Waals surface area contributed by atoms with Gasteiger partial charge in [-0.3, -0.25) is 0 Å². The Morgan fingerprint density at radius 1 is 1.17 bits per heavy atom. The van der Waals surface area contributed by atoms with E-state index in [-0.39, 0.29) is 0 Å². The van der Waals surface area contributed by atoms with E-state index in [4.69, 9.17) is 5.11 Å². The van der Waals surface area contributed by atoms with Crippen LogP contribution in [-0.2, 0) is 0 Å². The highest BCUT2D eigenvalue weighted by atomic mass is 16.2. The van der Waals surface area contributed by atoms with Crippen LogP contribution in [0.2, 0.25) is 0 Å². The Morgan fingerprint density at radius 3 is 2.42 bits per heavy atom. The number of rotatable bonds is 4. The van der Waals surface area contributed by atoms with Crippen molar-refractivity contribution in [3.8, 4) is 0 Å². The van der Waals surface area contributed by atoms with E-state index in [9.17, 15) is 0 Å². The maximum absolute atomic E-state index is 8.76. The molecule has 2 unspecified atom stereocenters. The average molecular weight is 170 g/mol. The van der Waals surface area contributed by atoms with E-state index in [1.165, 1.54) is 38.5 Å². The van der Waals surface area contributed by atoms with Crippen LogP contribution in [0.15, 0.2) is 0 Å². The number of hydrogen-bond donors (Lipinski definition) is 1. The Balaban J connectivity index is 2.26. The van der Waals surface area contributed by atoms with Crippen LogP contribution in [0.5, 0.6) is 0 Å². The summed E-state index contributed by atoms with van der Waals surface area (Å²) in [5, 5.41) is 8.76. The summed E-state index contributed by atoms with van der Waals surface area (Å²) >= 11 is 0. The topological polar surface area (TPSA) is 20.2 Å². The molecule has 0 aliphatic heterocycles. The second-order valence-corrected chi connectivity index (χ2v) is 4.08. The molecular weight excluding hydrogens is 148 g/mol. The lowest BCUT2D eigenvalue weighted by molar-refractivity contribution is 0.194. The number of aliphatic hydroxyl groups is 1. The SMILES string of the molecule is CCC1CCCCC1CCCO. The van der Waals surface area contributed by atoms with Gasteiger partial charge in [-0.2, -0.15) is 0 Å². The lowest BCUT2D eigenvalue weighted by atomic mass is 9.76. The summed E-state index contributed by atoms with van der Waals surface area (Å²) < 4.78 is 0. The number of aliphatic hydroxyl groups excluding tert-OH is 1. The van der Waals surface area contributed by atoms with Crippen LogP contribution < -0.4 is 0 Å². The minimum atomic E-state index is 0.382. The first-order valence-corrected chi connectivity index (χ1v) is 5.49. The van der Waals surface area contributed by atoms with Crippen molar-refractivity contribution in [3.05, 3.63) is 0 Å². The monoisotopic (exact) mass is 170 g/mol. The quantitative estimate of drug-likeness (QED) is 0.687. The molecule has 0 spiro atoms. The molecule has 1 saturated carbocycles. The third kappa shape index (κ3) is 2.78. The third-order valence-electron chi connectivity index (χ3n) is 3.32. The average Bonchev–Trinajstić information content (AvgIpc) is 2.15. The largest absolute Gasteiger partial charge is 0.396 e. The zero-order chi connectivity index (χ0) is 8.81. The summed E-state index contributed by atoms with van der Waals surface area (Å²) in [6, 6.07) is 0. The Labute approximate surface area is 76.2 Å². The van der Waals surface area contributed by atoms with Crippen LogP contribution in [0.3, 0.4) is 0 Å². The summed E-state index contributed by atoms with van der Waals surface area (Å²) in [5.41, 5.74) is 0. The fraction of sp³-hybridized carbons (Fsp3) is 1.00. The van der Waals surface area contributed by atoms with Crippen molar-refractivity contribution < 1.29 is 5.11 Å². The highest BCUT2D eigenvalue weighted by Gasteiger charge is 2.22. The van der Waals surface area contributed by atoms with Gasteiger partial charge in [-0.25, -0.2) is 0 Å². The molecule has 12 heavy (non-hydrogen) atoms. The Kier molecular flexibility index (Phi) is 4.67. The van der Waals surface area contributed by atoms with Gasteiger partial charge in [-0.05, 0) is 24.7 Å². The van der Waals surface area contributed by atoms with E-state index in [2.05, 4.69) is 6.92 Å². The van der Waals surface area contributed by atoms with Gasteiger partial charge in [0, 0.05) is 6.61 Å². The zero-order valence-corrected chi connectivity index (χ0v) is 8.26. The Morgan fingerprint density at radius 2 is 1.83 bits per heavy atom. The third-order valence-corrected chi connectivity index (χ3v) is 3.32. The van der Waals surface area contributed by atoms with Crippen molar-refractivity contribution in [1.82, 2.24) is 0 Å². The molecule has 1 aliphatic carbocycles. The molecule has 0 saturated heterocycles. The van der Waals surface area contributed by atoms with Gasteiger partial charge in [0.25, 0.3) is 0 Å². The molecule has 1 nitrogen and oxygen atoms in total. The minimum Gasteiger partial charge on any atom is -0.396 e. The maximum atomic E-state index is 8.76. The minimum absolute atomic E-state index is 0.382. The van der Waals surface area contributed by atoms with E-state index in [1.807, 2.05) is 0 Å². The van der Waals surface area contributed by atoms with Crippen LogP contribution in [-0.4, -0.2) is 11.7 Å². The first-order chi connectivity index (χ1) is 5.88. The Bertz CT molecular complexity index is 112. The summed E-state index contributed by atoms with van der Waals surface area (Å²) in [6.07, 6.45) is 9.33. The summed E-state index contributed by atoms with van der Waals surface area (Å²) in [5.74, 6) is 1.89. The van der Waals surface area contributed by atoms with E-state index in [0.29, 0.717) is 6.61 Å². The van der Waals surface area contributed by atoms with Gasteiger partial charge >= 0.3 is 0 Å². The van der Waals surface area contributed by atoms with Gasteiger partial charge in [0.2, 0.25) is 0 Å². The second-order valence-electron chi connectivity index (χ2n) is 4.08. The highest BCUT2D eigenvalue weighted by molar-refractivity contribution is 4.74. The zero-order valence-electron chi connectivity index (χ0n) is 8.26. The molecule has 0 heterocycles. The van der Waals surface area contributed by atoms with Crippen LogP contribution in [0.4, 0.5) is 0 Å². The van der Waals surface area contributed by atoms with E-state index >= 15 is 0 Å². The molecule has 1 rings (SSSR count). The van der Waals surface area contributed by atoms with Gasteiger partial charge in [0.15, 0.2) is 0 Å². The molecule has 0 aromatic heterocycles. The maximum Gasteiger partial charge on any atom is 0.0431 e. The molecule has 2 atom stereocenters. The molecule has 0 bridgehead atoms. The fourth-order valence-electron chi connectivity index (χ4n) is 2.56. The molecule has 1 aliphatic rings. The normalized spacial score (nSPS) is 30.5. The van der Waals surface area contributed by atoms with Crippen molar-refractivity contribution in [1.29, 1.82) is 0 Å². The van der Waals surface area contributed by atoms with Crippen molar-refractivity contribution in [2.24, 2.45) is 11.8 Å². The van der Waals surface area contributed by atoms with Crippen LogP contribution in [0, 0.1) is 11.8 Å². The van der Waals surface area contributed by atoms with Gasteiger partial charge in [-0.15, -0.1) is 0 Å². The van der Waals surface area contributed by atoms with E-state index in [0.717, 1.165) is 18.3 Å². The van der Waals surface area contributed by atoms with Crippen LogP contribution in [0.25, 0.3) is 0 Å². The molecule has 1 N–H and O–H groups in total. The van der Waals surface area contributed by atoms with Crippen molar-refractivity contribution in [3.63, 3.8) is 0 Å². The lowest BCUT2D eigenvalue weighted by Gasteiger charge is -2.30. The summed E-state index contributed by atoms with van der Waals surface area (Å²) in [4.78, 5) is 0. The molecular formula is C11H22O. The van der Waals surface area contributed by atoms with Crippen molar-refractivity contribution in [2.75, 3.05) is 6.61 Å². The van der Waals surface area contributed by atoms with Crippen molar-refractivity contribution >= 4 is 0 Å². The van der Waals surface area contributed by atoms with E-state index in [1.54, 1.807) is 0 Å². The van der Waals surface area contributed by atoms with Crippen molar-refractivity contribution in [2.45, 2.75) is 51.9 Å². The van der Waals surface area contributed by atoms with Gasteiger partial charge in [-0.1, -0.05) is 39.0 Å². The lowest BCUT2D eigenvalue weighted by Crippen LogP contribution is -2.19. The molecule has 72 valence electrons. The first kappa shape index (κ1) is 10.0. The number of hydrogen-bond acceptors (Lipinski definition) is 1. The second kappa shape index (κ2) is 5.58. The standard InChI is InChI=1S/C11H22O/c1-2-10-6-3-4-7-11(10)8-5-9-12/h10-12H,2-9H2,1H3. The molecule has 0 amide bonds. The fourth-order valence-corrected chi connectivity index (χ4v) is 2.56. The van der Waals surface area contributed by atoms with Gasteiger partial charge in [0.1, 0.15) is 0 Å². The molecule has 1 heteroatoms. The smallest absolute Gasteiger partial charge is 0.0431 e.